The first-order valence-electron chi connectivity index (χ1n) is 8.58. The van der Waals surface area contributed by atoms with E-state index in [4.69, 9.17) is 5.73 Å². The Labute approximate surface area is 129 Å². The predicted molar refractivity (Wildman–Crippen MR) is 88.2 cm³/mol. The van der Waals surface area contributed by atoms with Crippen LogP contribution in [0.25, 0.3) is 0 Å². The zero-order valence-corrected chi connectivity index (χ0v) is 13.1. The summed E-state index contributed by atoms with van der Waals surface area (Å²) in [5, 5.41) is 0. The van der Waals surface area contributed by atoms with E-state index in [1.165, 1.54) is 64.0 Å². The molecule has 0 aromatic heterocycles. The van der Waals surface area contributed by atoms with E-state index in [0.29, 0.717) is 6.04 Å². The Hall–Kier alpha value is -0.900. The van der Waals surface area contributed by atoms with Crippen LogP contribution in [0, 0.1) is 5.92 Å². The zero-order chi connectivity index (χ0) is 14.5. The van der Waals surface area contributed by atoms with Gasteiger partial charge in [-0.2, -0.15) is 0 Å². The summed E-state index contributed by atoms with van der Waals surface area (Å²) in [4.78, 5) is 5.26. The van der Waals surface area contributed by atoms with E-state index >= 15 is 0 Å². The van der Waals surface area contributed by atoms with Crippen LogP contribution < -0.4 is 5.73 Å². The third-order valence-corrected chi connectivity index (χ3v) is 5.21. The van der Waals surface area contributed by atoms with E-state index in [-0.39, 0.29) is 0 Å². The molecule has 2 saturated heterocycles. The first-order valence-corrected chi connectivity index (χ1v) is 8.58. The molecule has 0 saturated carbocycles. The molecule has 3 heteroatoms. The molecule has 0 spiro atoms. The first-order chi connectivity index (χ1) is 10.4. The third-order valence-electron chi connectivity index (χ3n) is 5.21. The molecule has 0 bridgehead atoms. The van der Waals surface area contributed by atoms with Crippen LogP contribution in [0.3, 0.4) is 0 Å². The van der Waals surface area contributed by atoms with Gasteiger partial charge in [-0.15, -0.1) is 0 Å². The largest absolute Gasteiger partial charge is 0.329 e. The highest BCUT2D eigenvalue weighted by molar-refractivity contribution is 5.19. The number of piperidine rings is 1. The zero-order valence-electron chi connectivity index (χ0n) is 13.1. The molecule has 2 aliphatic heterocycles. The van der Waals surface area contributed by atoms with Crippen LogP contribution in [-0.4, -0.2) is 49.1 Å². The fraction of sp³-hybridized carbons (Fsp3) is 0.667. The second kappa shape index (κ2) is 7.39. The maximum Gasteiger partial charge on any atom is 0.0470 e. The standard InChI is InChI=1S/C18H29N3/c19-14-18(17-6-2-1-3-7-17)21-12-8-16(9-13-21)15-20-10-4-5-11-20/h1-3,6-7,16,18H,4-5,8-15,19H2. The fourth-order valence-electron chi connectivity index (χ4n) is 3.95. The first kappa shape index (κ1) is 15.0. The maximum atomic E-state index is 6.05. The summed E-state index contributed by atoms with van der Waals surface area (Å²) in [6.45, 7) is 7.11. The van der Waals surface area contributed by atoms with Crippen LogP contribution in [0.15, 0.2) is 30.3 Å². The summed E-state index contributed by atoms with van der Waals surface area (Å²) in [6, 6.07) is 11.2. The van der Waals surface area contributed by atoms with Crippen molar-refractivity contribution < 1.29 is 0 Å². The van der Waals surface area contributed by atoms with Crippen LogP contribution >= 0.6 is 0 Å². The molecule has 2 aliphatic rings. The molecule has 3 rings (SSSR count). The second-order valence-corrected chi connectivity index (χ2v) is 6.65. The van der Waals surface area contributed by atoms with Crippen molar-refractivity contribution in [3.05, 3.63) is 35.9 Å². The monoisotopic (exact) mass is 287 g/mol. The van der Waals surface area contributed by atoms with Crippen molar-refractivity contribution in [1.82, 2.24) is 9.80 Å². The van der Waals surface area contributed by atoms with Crippen LogP contribution in [-0.2, 0) is 0 Å². The van der Waals surface area contributed by atoms with Gasteiger partial charge < -0.3 is 10.6 Å². The van der Waals surface area contributed by atoms with Crippen molar-refractivity contribution in [2.45, 2.75) is 31.7 Å². The van der Waals surface area contributed by atoms with Gasteiger partial charge in [-0.25, -0.2) is 0 Å². The van der Waals surface area contributed by atoms with Crippen molar-refractivity contribution in [3.63, 3.8) is 0 Å². The SMILES string of the molecule is NCC(c1ccccc1)N1CCC(CN2CCCC2)CC1. The summed E-state index contributed by atoms with van der Waals surface area (Å²) < 4.78 is 0. The molecule has 1 atom stereocenters. The van der Waals surface area contributed by atoms with E-state index in [1.807, 2.05) is 0 Å². The van der Waals surface area contributed by atoms with Crippen LogP contribution in [0.5, 0.6) is 0 Å². The van der Waals surface area contributed by atoms with Gasteiger partial charge in [0.05, 0.1) is 0 Å². The van der Waals surface area contributed by atoms with Gasteiger partial charge in [0.1, 0.15) is 0 Å². The molecule has 1 aromatic rings. The van der Waals surface area contributed by atoms with E-state index < -0.39 is 0 Å². The Morgan fingerprint density at radius 2 is 1.67 bits per heavy atom. The Balaban J connectivity index is 1.52. The molecule has 2 fully saturated rings. The van der Waals surface area contributed by atoms with Crippen molar-refractivity contribution in [2.24, 2.45) is 11.7 Å². The molecule has 3 nitrogen and oxygen atoms in total. The number of benzene rings is 1. The van der Waals surface area contributed by atoms with E-state index in [2.05, 4.69) is 40.1 Å². The number of likely N-dealkylation sites (tertiary alicyclic amines) is 2. The molecule has 0 aliphatic carbocycles. The number of hydrogen-bond acceptors (Lipinski definition) is 3. The van der Waals surface area contributed by atoms with Gasteiger partial charge in [-0.05, 0) is 63.3 Å². The minimum Gasteiger partial charge on any atom is -0.329 e. The summed E-state index contributed by atoms with van der Waals surface area (Å²) in [6.07, 6.45) is 5.48. The molecule has 116 valence electrons. The lowest BCUT2D eigenvalue weighted by Gasteiger charge is -2.38. The average molecular weight is 287 g/mol. The summed E-state index contributed by atoms with van der Waals surface area (Å²) in [7, 11) is 0. The topological polar surface area (TPSA) is 32.5 Å². The second-order valence-electron chi connectivity index (χ2n) is 6.65. The molecule has 2 heterocycles. The Bertz CT molecular complexity index is 406. The van der Waals surface area contributed by atoms with E-state index in [1.54, 1.807) is 0 Å². The van der Waals surface area contributed by atoms with Crippen LogP contribution in [0.2, 0.25) is 0 Å². The minimum absolute atomic E-state index is 0.402. The quantitative estimate of drug-likeness (QED) is 0.903. The van der Waals surface area contributed by atoms with Gasteiger partial charge in [0, 0.05) is 19.1 Å². The Morgan fingerprint density at radius 3 is 2.29 bits per heavy atom. The van der Waals surface area contributed by atoms with E-state index in [0.717, 1.165) is 12.5 Å². The molecule has 0 amide bonds. The highest BCUT2D eigenvalue weighted by atomic mass is 15.2. The molecular formula is C18H29N3. The van der Waals surface area contributed by atoms with Crippen LogP contribution in [0.4, 0.5) is 0 Å². The number of rotatable bonds is 5. The normalized spacial score (nSPS) is 23.5. The van der Waals surface area contributed by atoms with Gasteiger partial charge in [-0.3, -0.25) is 4.90 Å². The van der Waals surface area contributed by atoms with Gasteiger partial charge in [0.2, 0.25) is 0 Å². The van der Waals surface area contributed by atoms with Crippen molar-refractivity contribution in [1.29, 1.82) is 0 Å². The van der Waals surface area contributed by atoms with Gasteiger partial charge >= 0.3 is 0 Å². The van der Waals surface area contributed by atoms with Crippen molar-refractivity contribution in [2.75, 3.05) is 39.3 Å². The minimum atomic E-state index is 0.402. The molecule has 21 heavy (non-hydrogen) atoms. The van der Waals surface area contributed by atoms with Crippen LogP contribution in [0.1, 0.15) is 37.3 Å². The van der Waals surface area contributed by atoms with Crippen molar-refractivity contribution >= 4 is 0 Å². The smallest absolute Gasteiger partial charge is 0.0470 e. The lowest BCUT2D eigenvalue weighted by atomic mass is 9.93. The molecule has 1 aromatic carbocycles. The predicted octanol–water partition coefficient (Wildman–Crippen LogP) is 2.49. The number of nitrogens with two attached hydrogens (primary N) is 1. The molecular weight excluding hydrogens is 258 g/mol. The van der Waals surface area contributed by atoms with Gasteiger partial charge in [0.15, 0.2) is 0 Å². The molecule has 1 unspecified atom stereocenters. The highest BCUT2D eigenvalue weighted by Gasteiger charge is 2.26. The third kappa shape index (κ3) is 3.85. The lowest BCUT2D eigenvalue weighted by molar-refractivity contribution is 0.118. The Morgan fingerprint density at radius 1 is 1.00 bits per heavy atom. The van der Waals surface area contributed by atoms with Gasteiger partial charge in [0.25, 0.3) is 0 Å². The van der Waals surface area contributed by atoms with E-state index in [9.17, 15) is 0 Å². The summed E-state index contributed by atoms with van der Waals surface area (Å²) >= 11 is 0. The molecule has 2 N–H and O–H groups in total. The number of nitrogens with zero attached hydrogens (tertiary/aromatic N) is 2. The fourth-order valence-corrected chi connectivity index (χ4v) is 3.95. The summed E-state index contributed by atoms with van der Waals surface area (Å²) in [5.41, 5.74) is 7.43. The van der Waals surface area contributed by atoms with Crippen molar-refractivity contribution in [3.8, 4) is 0 Å². The van der Waals surface area contributed by atoms with Gasteiger partial charge in [-0.1, -0.05) is 30.3 Å². The number of hydrogen-bond donors (Lipinski definition) is 1. The summed E-state index contributed by atoms with van der Waals surface area (Å²) in [5.74, 6) is 0.897. The highest BCUT2D eigenvalue weighted by Crippen LogP contribution is 2.27. The Kier molecular flexibility index (Phi) is 5.28. The lowest BCUT2D eigenvalue weighted by Crippen LogP contribution is -2.42. The molecule has 0 radical (unpaired) electrons. The maximum absolute atomic E-state index is 6.05. The average Bonchev–Trinajstić information content (AvgIpc) is 3.04.